The third kappa shape index (κ3) is 6.16. The normalized spacial score (nSPS) is 15.7. The first-order valence-corrected chi connectivity index (χ1v) is 9.90. The first-order chi connectivity index (χ1) is 13.8. The first kappa shape index (κ1) is 21.5. The third-order valence-corrected chi connectivity index (χ3v) is 4.82. The molecule has 1 fully saturated rings. The maximum absolute atomic E-state index is 5.99. The molecule has 0 saturated heterocycles. The van der Waals surface area contributed by atoms with E-state index in [1.807, 2.05) is 36.4 Å². The third-order valence-electron chi connectivity index (χ3n) is 4.82. The van der Waals surface area contributed by atoms with E-state index in [0.29, 0.717) is 25.7 Å². The molecule has 7 heteroatoms. The predicted molar refractivity (Wildman–Crippen MR) is 126 cm³/mol. The van der Waals surface area contributed by atoms with Crippen LogP contribution in [0.4, 0.5) is 5.69 Å². The highest BCUT2D eigenvalue weighted by atomic mass is 127. The summed E-state index contributed by atoms with van der Waals surface area (Å²) in [5, 5.41) is 6.67. The number of nitrogens with zero attached hydrogens (tertiary/aromatic N) is 1. The molecule has 6 nitrogen and oxygen atoms in total. The van der Waals surface area contributed by atoms with Crippen molar-refractivity contribution in [2.24, 2.45) is 10.9 Å². The molecule has 2 N–H and O–H groups in total. The first-order valence-electron chi connectivity index (χ1n) is 9.90. The molecule has 2 aromatic rings. The fourth-order valence-corrected chi connectivity index (χ4v) is 3.02. The Labute approximate surface area is 189 Å². The van der Waals surface area contributed by atoms with Crippen LogP contribution in [0.15, 0.2) is 47.5 Å². The number of rotatable bonds is 6. The fraction of sp³-hybridized carbons (Fsp3) is 0.409. The fourth-order valence-electron chi connectivity index (χ4n) is 3.02. The lowest BCUT2D eigenvalue weighted by molar-refractivity contribution is 0.296. The number of nitrogens with one attached hydrogen (secondary N) is 2. The highest BCUT2D eigenvalue weighted by Gasteiger charge is 2.22. The van der Waals surface area contributed by atoms with Crippen molar-refractivity contribution in [1.82, 2.24) is 5.32 Å². The molecule has 0 amide bonds. The number of fused-ring (bicyclic) bond motifs is 1. The van der Waals surface area contributed by atoms with E-state index in [1.165, 1.54) is 12.8 Å². The molecular formula is C22H28IN3O3. The summed E-state index contributed by atoms with van der Waals surface area (Å²) < 4.78 is 17.4. The largest absolute Gasteiger partial charge is 0.493 e. The summed E-state index contributed by atoms with van der Waals surface area (Å²) in [5.41, 5.74) is 2.01. The van der Waals surface area contributed by atoms with Crippen LogP contribution in [0.1, 0.15) is 24.8 Å². The average molecular weight is 509 g/mol. The monoisotopic (exact) mass is 509 g/mol. The van der Waals surface area contributed by atoms with Gasteiger partial charge in [-0.25, -0.2) is 0 Å². The number of aliphatic imine (C=N–C) groups is 1. The van der Waals surface area contributed by atoms with E-state index in [4.69, 9.17) is 14.2 Å². The molecule has 2 aromatic carbocycles. The molecule has 0 spiro atoms. The summed E-state index contributed by atoms with van der Waals surface area (Å²) in [4.78, 5) is 4.32. The van der Waals surface area contributed by atoms with Crippen molar-refractivity contribution >= 4 is 35.6 Å². The van der Waals surface area contributed by atoms with Crippen LogP contribution in [0, 0.1) is 5.92 Å². The van der Waals surface area contributed by atoms with Crippen molar-refractivity contribution < 1.29 is 14.2 Å². The molecule has 0 unspecified atom stereocenters. The van der Waals surface area contributed by atoms with Gasteiger partial charge in [0.1, 0.15) is 5.75 Å². The molecule has 1 heterocycles. The van der Waals surface area contributed by atoms with E-state index in [2.05, 4.69) is 21.7 Å². The van der Waals surface area contributed by atoms with Gasteiger partial charge in [0.25, 0.3) is 0 Å². The van der Waals surface area contributed by atoms with Crippen LogP contribution in [0.3, 0.4) is 0 Å². The Kier molecular flexibility index (Phi) is 7.85. The van der Waals surface area contributed by atoms with Gasteiger partial charge < -0.3 is 24.8 Å². The van der Waals surface area contributed by atoms with E-state index in [-0.39, 0.29) is 24.0 Å². The van der Waals surface area contributed by atoms with Crippen LogP contribution in [-0.4, -0.2) is 32.8 Å². The maximum Gasteiger partial charge on any atom is 0.195 e. The minimum absolute atomic E-state index is 0. The van der Waals surface area contributed by atoms with Crippen LogP contribution in [0.5, 0.6) is 17.2 Å². The zero-order chi connectivity index (χ0) is 19.2. The van der Waals surface area contributed by atoms with Crippen LogP contribution >= 0.6 is 24.0 Å². The molecule has 1 aliphatic carbocycles. The standard InChI is InChI=1S/C22H27N3O3.HI/c1-23-22(25-18-9-10-20-21(13-18)27-12-4-11-26-20)24-14-17-5-2-3-6-19(17)28-15-16-7-8-16;/h2-3,5-6,9-10,13,16H,4,7-8,11-12,14-15H2,1H3,(H2,23,24,25);1H. The van der Waals surface area contributed by atoms with Gasteiger partial charge in [-0.15, -0.1) is 24.0 Å². The molecule has 4 rings (SSSR count). The number of halogens is 1. The number of hydrogen-bond donors (Lipinski definition) is 2. The van der Waals surface area contributed by atoms with Crippen LogP contribution in [0.25, 0.3) is 0 Å². The summed E-state index contributed by atoms with van der Waals surface area (Å²) in [5.74, 6) is 3.90. The minimum atomic E-state index is 0. The number of hydrogen-bond acceptors (Lipinski definition) is 4. The van der Waals surface area contributed by atoms with Crippen molar-refractivity contribution in [3.63, 3.8) is 0 Å². The van der Waals surface area contributed by atoms with Gasteiger partial charge in [-0.1, -0.05) is 18.2 Å². The maximum atomic E-state index is 5.99. The lowest BCUT2D eigenvalue weighted by atomic mass is 10.2. The Morgan fingerprint density at radius 3 is 2.69 bits per heavy atom. The number of anilines is 1. The lowest BCUT2D eigenvalue weighted by Crippen LogP contribution is -2.30. The second kappa shape index (κ2) is 10.6. The molecule has 29 heavy (non-hydrogen) atoms. The zero-order valence-electron chi connectivity index (χ0n) is 16.6. The summed E-state index contributed by atoms with van der Waals surface area (Å²) in [6, 6.07) is 14.0. The van der Waals surface area contributed by atoms with Crippen LogP contribution < -0.4 is 24.8 Å². The smallest absolute Gasteiger partial charge is 0.195 e. The Morgan fingerprint density at radius 1 is 1.10 bits per heavy atom. The molecule has 156 valence electrons. The molecule has 2 aliphatic rings. The van der Waals surface area contributed by atoms with E-state index >= 15 is 0 Å². The summed E-state index contributed by atoms with van der Waals surface area (Å²) in [6.07, 6.45) is 3.46. The van der Waals surface area contributed by atoms with Gasteiger partial charge in [-0.05, 0) is 37.0 Å². The van der Waals surface area contributed by atoms with E-state index in [9.17, 15) is 0 Å². The quantitative estimate of drug-likeness (QED) is 0.343. The zero-order valence-corrected chi connectivity index (χ0v) is 19.0. The Morgan fingerprint density at radius 2 is 1.90 bits per heavy atom. The lowest BCUT2D eigenvalue weighted by Gasteiger charge is -2.16. The predicted octanol–water partition coefficient (Wildman–Crippen LogP) is 4.44. The highest BCUT2D eigenvalue weighted by Crippen LogP contribution is 2.32. The van der Waals surface area contributed by atoms with Crippen molar-refractivity contribution in [2.45, 2.75) is 25.8 Å². The van der Waals surface area contributed by atoms with Gasteiger partial charge in [0, 0.05) is 37.3 Å². The molecule has 0 radical (unpaired) electrons. The highest BCUT2D eigenvalue weighted by molar-refractivity contribution is 14.0. The van der Waals surface area contributed by atoms with E-state index < -0.39 is 0 Å². The number of ether oxygens (including phenoxy) is 3. The van der Waals surface area contributed by atoms with Crippen molar-refractivity contribution in [3.05, 3.63) is 48.0 Å². The average Bonchev–Trinajstić information content (AvgIpc) is 3.57. The molecule has 0 atom stereocenters. The van der Waals surface area contributed by atoms with E-state index in [1.54, 1.807) is 7.05 Å². The SMILES string of the molecule is CN=C(NCc1ccccc1OCC1CC1)Nc1ccc2c(c1)OCCCO2.I. The summed E-state index contributed by atoms with van der Waals surface area (Å²) in [6.45, 7) is 2.79. The van der Waals surface area contributed by atoms with Crippen LogP contribution in [-0.2, 0) is 6.54 Å². The minimum Gasteiger partial charge on any atom is -0.493 e. The van der Waals surface area contributed by atoms with Gasteiger partial charge >= 0.3 is 0 Å². The van der Waals surface area contributed by atoms with Gasteiger partial charge in [0.05, 0.1) is 19.8 Å². The molecule has 0 aromatic heterocycles. The second-order valence-electron chi connectivity index (χ2n) is 7.12. The Balaban J connectivity index is 0.00000240. The van der Waals surface area contributed by atoms with Gasteiger partial charge in [0.15, 0.2) is 17.5 Å². The second-order valence-corrected chi connectivity index (χ2v) is 7.12. The van der Waals surface area contributed by atoms with Gasteiger partial charge in [0.2, 0.25) is 0 Å². The van der Waals surface area contributed by atoms with E-state index in [0.717, 1.165) is 47.4 Å². The number of para-hydroxylation sites is 1. The number of guanidine groups is 1. The molecular weight excluding hydrogens is 481 g/mol. The van der Waals surface area contributed by atoms with Crippen molar-refractivity contribution in [3.8, 4) is 17.2 Å². The van der Waals surface area contributed by atoms with Gasteiger partial charge in [-0.2, -0.15) is 0 Å². The summed E-state index contributed by atoms with van der Waals surface area (Å²) >= 11 is 0. The molecule has 0 bridgehead atoms. The molecule has 1 aliphatic heterocycles. The van der Waals surface area contributed by atoms with Crippen molar-refractivity contribution in [1.29, 1.82) is 0 Å². The van der Waals surface area contributed by atoms with Gasteiger partial charge in [-0.3, -0.25) is 4.99 Å². The van der Waals surface area contributed by atoms with Crippen molar-refractivity contribution in [2.75, 3.05) is 32.2 Å². The summed E-state index contributed by atoms with van der Waals surface area (Å²) in [7, 11) is 1.76. The molecule has 1 saturated carbocycles. The number of benzene rings is 2. The Hall–Kier alpha value is -2.16. The topological polar surface area (TPSA) is 64.1 Å². The Bertz CT molecular complexity index is 840. The van der Waals surface area contributed by atoms with Crippen LogP contribution in [0.2, 0.25) is 0 Å².